The molecular formula is C21H25N7O3. The summed E-state index contributed by atoms with van der Waals surface area (Å²) < 4.78 is 11.2. The molecule has 0 radical (unpaired) electrons. The average molecular weight is 423 g/mol. The van der Waals surface area contributed by atoms with Gasteiger partial charge in [0.05, 0.1) is 17.5 Å². The van der Waals surface area contributed by atoms with Gasteiger partial charge in [-0.2, -0.15) is 4.98 Å². The first-order valence-electron chi connectivity index (χ1n) is 10.7. The number of nitrogens with one attached hydrogen (secondary N) is 1. The Kier molecular flexibility index (Phi) is 5.13. The lowest BCUT2D eigenvalue weighted by molar-refractivity contribution is 0.0844. The van der Waals surface area contributed by atoms with Crippen LogP contribution in [0.15, 0.2) is 33.5 Å². The Balaban J connectivity index is 1.13. The van der Waals surface area contributed by atoms with Crippen LogP contribution in [0.3, 0.4) is 0 Å². The number of carbonyl (C=O) groups is 1. The molecule has 10 nitrogen and oxygen atoms in total. The monoisotopic (exact) mass is 423 g/mol. The second-order valence-corrected chi connectivity index (χ2v) is 8.61. The van der Waals surface area contributed by atoms with Gasteiger partial charge in [0, 0.05) is 31.4 Å². The highest BCUT2D eigenvalue weighted by molar-refractivity contribution is 5.75. The number of hydrogen-bond donors (Lipinski definition) is 1. The first kappa shape index (κ1) is 19.7. The van der Waals surface area contributed by atoms with Gasteiger partial charge in [-0.25, -0.2) is 4.79 Å². The summed E-state index contributed by atoms with van der Waals surface area (Å²) in [6.07, 6.45) is 9.28. The van der Waals surface area contributed by atoms with E-state index in [1.165, 1.54) is 19.3 Å². The third-order valence-electron chi connectivity index (χ3n) is 6.06. The number of carbonyl (C=O) groups excluding carboxylic acids is 1. The maximum absolute atomic E-state index is 12.5. The van der Waals surface area contributed by atoms with Crippen molar-refractivity contribution in [3.05, 3.63) is 42.1 Å². The minimum absolute atomic E-state index is 0.179. The van der Waals surface area contributed by atoms with Crippen LogP contribution in [0.4, 0.5) is 4.79 Å². The summed E-state index contributed by atoms with van der Waals surface area (Å²) in [7, 11) is 0. The van der Waals surface area contributed by atoms with E-state index in [0.717, 1.165) is 24.2 Å². The molecule has 1 saturated carbocycles. The molecule has 3 aromatic rings. The summed E-state index contributed by atoms with van der Waals surface area (Å²) in [4.78, 5) is 22.7. The van der Waals surface area contributed by atoms with E-state index in [9.17, 15) is 4.79 Å². The first-order chi connectivity index (χ1) is 15.1. The van der Waals surface area contributed by atoms with Crippen LogP contribution in [0, 0.1) is 0 Å². The van der Waals surface area contributed by atoms with E-state index < -0.39 is 0 Å². The van der Waals surface area contributed by atoms with Gasteiger partial charge in [-0.05, 0) is 31.9 Å². The fourth-order valence-electron chi connectivity index (χ4n) is 4.28. The molecular weight excluding hydrogens is 398 g/mol. The fraction of sp³-hybridized carbons (Fsp3) is 0.524. The van der Waals surface area contributed by atoms with Crippen molar-refractivity contribution in [1.29, 1.82) is 0 Å². The van der Waals surface area contributed by atoms with Crippen LogP contribution in [-0.2, 0) is 12.0 Å². The Labute approximate surface area is 179 Å². The Bertz CT molecular complexity index is 1040. The second-order valence-electron chi connectivity index (χ2n) is 8.61. The lowest BCUT2D eigenvalue weighted by Gasteiger charge is -2.45. The van der Waals surface area contributed by atoms with Crippen LogP contribution in [0.2, 0.25) is 0 Å². The molecule has 0 unspecified atom stereocenters. The Morgan fingerprint density at radius 3 is 2.87 bits per heavy atom. The highest BCUT2D eigenvalue weighted by Gasteiger charge is 2.47. The van der Waals surface area contributed by atoms with Crippen molar-refractivity contribution < 1.29 is 13.7 Å². The lowest BCUT2D eigenvalue weighted by atomic mass is 9.82. The SMILES string of the molecule is CC1(c2nnc(-c3cccnc3)o2)CN(C(=O)NCc2nc(C3CCCCC3)no2)C1. The van der Waals surface area contributed by atoms with E-state index in [0.29, 0.717) is 36.7 Å². The molecule has 4 heterocycles. The van der Waals surface area contributed by atoms with Crippen molar-refractivity contribution in [3.8, 4) is 11.5 Å². The quantitative estimate of drug-likeness (QED) is 0.664. The highest BCUT2D eigenvalue weighted by Crippen LogP contribution is 2.34. The van der Waals surface area contributed by atoms with E-state index in [1.807, 2.05) is 19.1 Å². The second kappa shape index (κ2) is 8.09. The summed E-state index contributed by atoms with van der Waals surface area (Å²) in [5.41, 5.74) is 0.398. The van der Waals surface area contributed by atoms with Gasteiger partial charge in [-0.15, -0.1) is 10.2 Å². The maximum Gasteiger partial charge on any atom is 0.317 e. The summed E-state index contributed by atoms with van der Waals surface area (Å²) in [6.45, 7) is 3.21. The predicted octanol–water partition coefficient (Wildman–Crippen LogP) is 3.05. The molecule has 0 atom stereocenters. The minimum Gasteiger partial charge on any atom is -0.420 e. The van der Waals surface area contributed by atoms with Crippen molar-refractivity contribution >= 4 is 6.03 Å². The van der Waals surface area contributed by atoms with E-state index >= 15 is 0 Å². The van der Waals surface area contributed by atoms with Crippen LogP contribution in [-0.4, -0.2) is 49.3 Å². The van der Waals surface area contributed by atoms with Crippen LogP contribution in [0.25, 0.3) is 11.5 Å². The number of aromatic nitrogens is 5. The zero-order valence-electron chi connectivity index (χ0n) is 17.5. The van der Waals surface area contributed by atoms with Gasteiger partial charge in [-0.3, -0.25) is 4.98 Å². The van der Waals surface area contributed by atoms with Crippen LogP contribution in [0.1, 0.15) is 62.6 Å². The lowest BCUT2D eigenvalue weighted by Crippen LogP contribution is -2.61. The van der Waals surface area contributed by atoms with Gasteiger partial charge in [0.1, 0.15) is 0 Å². The summed E-state index contributed by atoms with van der Waals surface area (Å²) in [6, 6.07) is 3.50. The molecule has 1 aliphatic carbocycles. The zero-order chi connectivity index (χ0) is 21.3. The van der Waals surface area contributed by atoms with Crippen molar-refractivity contribution in [2.75, 3.05) is 13.1 Å². The molecule has 2 aliphatic rings. The maximum atomic E-state index is 12.5. The standard InChI is InChI=1S/C21H25N7O3/c1-21(19-26-25-18(30-19)15-8-5-9-22-10-15)12-28(13-21)20(29)23-11-16-24-17(27-31-16)14-6-3-2-4-7-14/h5,8-10,14H,2-4,6-7,11-13H2,1H3,(H,23,29). The molecule has 0 spiro atoms. The summed E-state index contributed by atoms with van der Waals surface area (Å²) >= 11 is 0. The van der Waals surface area contributed by atoms with Gasteiger partial charge in [0.25, 0.3) is 0 Å². The minimum atomic E-state index is -0.372. The van der Waals surface area contributed by atoms with Gasteiger partial charge in [0.15, 0.2) is 5.82 Å². The van der Waals surface area contributed by atoms with Crippen LogP contribution in [0.5, 0.6) is 0 Å². The number of rotatable bonds is 5. The number of amides is 2. The Hall–Kier alpha value is -3.30. The molecule has 2 fully saturated rings. The molecule has 1 N–H and O–H groups in total. The normalized spacial score (nSPS) is 18.5. The largest absolute Gasteiger partial charge is 0.420 e. The third kappa shape index (κ3) is 4.01. The molecule has 0 aromatic carbocycles. The first-order valence-corrected chi connectivity index (χ1v) is 10.7. The van der Waals surface area contributed by atoms with Gasteiger partial charge in [-0.1, -0.05) is 24.4 Å². The van der Waals surface area contributed by atoms with Crippen LogP contribution < -0.4 is 5.32 Å². The zero-order valence-corrected chi connectivity index (χ0v) is 17.5. The van der Waals surface area contributed by atoms with Gasteiger partial charge >= 0.3 is 6.03 Å². The third-order valence-corrected chi connectivity index (χ3v) is 6.06. The number of pyridine rings is 1. The topological polar surface area (TPSA) is 123 Å². The van der Waals surface area contributed by atoms with Crippen molar-refractivity contribution in [2.45, 2.75) is 56.9 Å². The summed E-state index contributed by atoms with van der Waals surface area (Å²) in [5, 5.41) is 15.3. The number of urea groups is 1. The summed E-state index contributed by atoms with van der Waals surface area (Å²) in [5.74, 6) is 2.53. The average Bonchev–Trinajstić information content (AvgIpc) is 3.47. The Morgan fingerprint density at radius 2 is 2.10 bits per heavy atom. The number of hydrogen-bond acceptors (Lipinski definition) is 8. The van der Waals surface area contributed by atoms with Crippen molar-refractivity contribution in [3.63, 3.8) is 0 Å². The molecule has 162 valence electrons. The van der Waals surface area contributed by atoms with Crippen LogP contribution >= 0.6 is 0 Å². The van der Waals surface area contributed by atoms with E-state index in [4.69, 9.17) is 8.94 Å². The predicted molar refractivity (Wildman–Crippen MR) is 109 cm³/mol. The van der Waals surface area contributed by atoms with Gasteiger partial charge < -0.3 is 19.2 Å². The molecule has 5 rings (SSSR count). The van der Waals surface area contributed by atoms with Gasteiger partial charge in [0.2, 0.25) is 17.7 Å². The molecule has 31 heavy (non-hydrogen) atoms. The molecule has 0 bridgehead atoms. The molecule has 1 aliphatic heterocycles. The van der Waals surface area contributed by atoms with Crippen molar-refractivity contribution in [1.82, 2.24) is 35.5 Å². The molecule has 2 amide bonds. The van der Waals surface area contributed by atoms with E-state index in [-0.39, 0.29) is 18.0 Å². The molecule has 1 saturated heterocycles. The Morgan fingerprint density at radius 1 is 1.26 bits per heavy atom. The fourth-order valence-corrected chi connectivity index (χ4v) is 4.28. The highest BCUT2D eigenvalue weighted by atomic mass is 16.5. The molecule has 3 aromatic heterocycles. The number of likely N-dealkylation sites (tertiary alicyclic amines) is 1. The van der Waals surface area contributed by atoms with E-state index in [2.05, 4.69) is 30.6 Å². The molecule has 10 heteroatoms. The van der Waals surface area contributed by atoms with E-state index in [1.54, 1.807) is 17.3 Å². The smallest absolute Gasteiger partial charge is 0.317 e. The number of nitrogens with zero attached hydrogens (tertiary/aromatic N) is 6. The van der Waals surface area contributed by atoms with Crippen molar-refractivity contribution in [2.24, 2.45) is 0 Å².